The second kappa shape index (κ2) is 5.65. The second-order valence-electron chi connectivity index (χ2n) is 2.82. The van der Waals surface area contributed by atoms with Crippen LogP contribution in [0.25, 0.3) is 0 Å². The molecule has 0 spiro atoms. The largest absolute Gasteiger partial charge is 0.448 e. The van der Waals surface area contributed by atoms with E-state index in [-0.39, 0.29) is 0 Å². The van der Waals surface area contributed by atoms with E-state index in [2.05, 4.69) is 21.2 Å². The van der Waals surface area contributed by atoms with Crippen LogP contribution in [0.4, 0.5) is 10.5 Å². The highest BCUT2D eigenvalue weighted by molar-refractivity contribution is 9.09. The lowest BCUT2D eigenvalue weighted by atomic mass is 10.2. The summed E-state index contributed by atoms with van der Waals surface area (Å²) < 4.78 is 4.83. The number of hydrogen-bond acceptors (Lipinski definition) is 2. The van der Waals surface area contributed by atoms with Crippen molar-refractivity contribution >= 4 is 27.7 Å². The average molecular weight is 258 g/mol. The van der Waals surface area contributed by atoms with Crippen LogP contribution in [0.3, 0.4) is 0 Å². The quantitative estimate of drug-likeness (QED) is 0.846. The Labute approximate surface area is 91.6 Å². The molecule has 4 heteroatoms. The molecule has 0 aliphatic rings. The number of halogens is 1. The minimum absolute atomic E-state index is 0.373. The summed E-state index contributed by atoms with van der Waals surface area (Å²) in [7, 11) is 0. The first-order chi connectivity index (χ1) is 6.72. The molecule has 0 aliphatic carbocycles. The Balaban J connectivity index is 2.44. The molecule has 1 amide bonds. The van der Waals surface area contributed by atoms with Crippen molar-refractivity contribution in [3.8, 4) is 0 Å². The van der Waals surface area contributed by atoms with Crippen LogP contribution in [-0.4, -0.2) is 18.0 Å². The van der Waals surface area contributed by atoms with E-state index in [1.54, 1.807) is 0 Å². The van der Waals surface area contributed by atoms with E-state index < -0.39 is 6.09 Å². The summed E-state index contributed by atoms with van der Waals surface area (Å²) >= 11 is 3.17. The van der Waals surface area contributed by atoms with Crippen LogP contribution >= 0.6 is 15.9 Å². The number of carbonyl (C=O) groups is 1. The maximum atomic E-state index is 11.1. The van der Waals surface area contributed by atoms with Crippen molar-refractivity contribution < 1.29 is 9.53 Å². The van der Waals surface area contributed by atoms with Gasteiger partial charge in [-0.1, -0.05) is 33.6 Å². The standard InChI is InChI=1S/C10H12BrNO2/c1-8-2-4-9(5-3-8)12-10(13)14-7-6-11/h2-5H,6-7H2,1H3,(H,12,13). The number of benzene rings is 1. The Bertz CT molecular complexity index is 297. The highest BCUT2D eigenvalue weighted by Gasteiger charge is 2.01. The molecule has 1 aromatic carbocycles. The molecule has 0 saturated carbocycles. The van der Waals surface area contributed by atoms with E-state index in [0.717, 1.165) is 11.3 Å². The van der Waals surface area contributed by atoms with E-state index in [9.17, 15) is 4.79 Å². The molecule has 0 unspecified atom stereocenters. The van der Waals surface area contributed by atoms with Gasteiger partial charge in [-0.3, -0.25) is 5.32 Å². The lowest BCUT2D eigenvalue weighted by Gasteiger charge is -2.05. The zero-order chi connectivity index (χ0) is 10.4. The number of alkyl halides is 1. The van der Waals surface area contributed by atoms with Gasteiger partial charge in [0.05, 0.1) is 0 Å². The Morgan fingerprint density at radius 3 is 2.64 bits per heavy atom. The topological polar surface area (TPSA) is 38.3 Å². The Kier molecular flexibility index (Phi) is 4.46. The van der Waals surface area contributed by atoms with Gasteiger partial charge in [-0.2, -0.15) is 0 Å². The molecule has 76 valence electrons. The normalized spacial score (nSPS) is 9.57. The second-order valence-corrected chi connectivity index (χ2v) is 3.61. The van der Waals surface area contributed by atoms with Crippen molar-refractivity contribution in [2.24, 2.45) is 0 Å². The number of rotatable bonds is 3. The number of hydrogen-bond donors (Lipinski definition) is 1. The van der Waals surface area contributed by atoms with E-state index in [1.165, 1.54) is 0 Å². The minimum Gasteiger partial charge on any atom is -0.448 e. The molecule has 0 atom stereocenters. The van der Waals surface area contributed by atoms with Gasteiger partial charge in [0.2, 0.25) is 0 Å². The van der Waals surface area contributed by atoms with Gasteiger partial charge < -0.3 is 4.74 Å². The van der Waals surface area contributed by atoms with Crippen LogP contribution in [0.15, 0.2) is 24.3 Å². The fraction of sp³-hybridized carbons (Fsp3) is 0.300. The third-order valence-electron chi connectivity index (χ3n) is 1.61. The average Bonchev–Trinajstić information content (AvgIpc) is 2.18. The number of carbonyl (C=O) groups excluding carboxylic acids is 1. The predicted molar refractivity (Wildman–Crippen MR) is 59.9 cm³/mol. The van der Waals surface area contributed by atoms with Crippen LogP contribution in [0.2, 0.25) is 0 Å². The lowest BCUT2D eigenvalue weighted by Crippen LogP contribution is -2.14. The first-order valence-corrected chi connectivity index (χ1v) is 5.41. The van der Waals surface area contributed by atoms with Gasteiger partial charge in [0.25, 0.3) is 0 Å². The zero-order valence-electron chi connectivity index (χ0n) is 7.92. The molecule has 3 nitrogen and oxygen atoms in total. The number of anilines is 1. The number of aryl methyl sites for hydroxylation is 1. The fourth-order valence-electron chi connectivity index (χ4n) is 0.922. The molecular formula is C10H12BrNO2. The van der Waals surface area contributed by atoms with Crippen molar-refractivity contribution in [3.63, 3.8) is 0 Å². The van der Waals surface area contributed by atoms with Crippen LogP contribution < -0.4 is 5.32 Å². The van der Waals surface area contributed by atoms with Gasteiger partial charge >= 0.3 is 6.09 Å². The predicted octanol–water partition coefficient (Wildman–Crippen LogP) is 2.94. The molecule has 0 heterocycles. The maximum Gasteiger partial charge on any atom is 0.411 e. The van der Waals surface area contributed by atoms with Gasteiger partial charge in [0, 0.05) is 11.0 Å². The smallest absolute Gasteiger partial charge is 0.411 e. The van der Waals surface area contributed by atoms with E-state index in [4.69, 9.17) is 4.74 Å². The number of amides is 1. The van der Waals surface area contributed by atoms with E-state index >= 15 is 0 Å². The zero-order valence-corrected chi connectivity index (χ0v) is 9.50. The molecule has 0 fully saturated rings. The Morgan fingerprint density at radius 2 is 2.07 bits per heavy atom. The number of nitrogens with one attached hydrogen (secondary N) is 1. The molecule has 0 saturated heterocycles. The lowest BCUT2D eigenvalue weighted by molar-refractivity contribution is 0.169. The molecule has 1 N–H and O–H groups in total. The highest BCUT2D eigenvalue weighted by Crippen LogP contribution is 2.08. The summed E-state index contributed by atoms with van der Waals surface area (Å²) in [5.74, 6) is 0. The van der Waals surface area contributed by atoms with E-state index in [1.807, 2.05) is 31.2 Å². The van der Waals surface area contributed by atoms with Gasteiger partial charge in [-0.05, 0) is 19.1 Å². The summed E-state index contributed by atoms with van der Waals surface area (Å²) in [5, 5.41) is 3.27. The highest BCUT2D eigenvalue weighted by atomic mass is 79.9. The monoisotopic (exact) mass is 257 g/mol. The van der Waals surface area contributed by atoms with Crippen molar-refractivity contribution in [1.82, 2.24) is 0 Å². The molecule has 0 bridgehead atoms. The fourth-order valence-corrected chi connectivity index (χ4v) is 1.08. The summed E-state index contributed by atoms with van der Waals surface area (Å²) in [5.41, 5.74) is 1.90. The van der Waals surface area contributed by atoms with Gasteiger partial charge in [0.1, 0.15) is 6.61 Å². The van der Waals surface area contributed by atoms with Crippen LogP contribution in [-0.2, 0) is 4.74 Å². The summed E-state index contributed by atoms with van der Waals surface area (Å²) in [6, 6.07) is 7.54. The summed E-state index contributed by atoms with van der Waals surface area (Å²) in [4.78, 5) is 11.1. The first-order valence-electron chi connectivity index (χ1n) is 4.29. The van der Waals surface area contributed by atoms with Crippen molar-refractivity contribution in [1.29, 1.82) is 0 Å². The van der Waals surface area contributed by atoms with Crippen molar-refractivity contribution in [3.05, 3.63) is 29.8 Å². The van der Waals surface area contributed by atoms with E-state index in [0.29, 0.717) is 11.9 Å². The third kappa shape index (κ3) is 3.79. The van der Waals surface area contributed by atoms with Gasteiger partial charge in [-0.15, -0.1) is 0 Å². The Morgan fingerprint density at radius 1 is 1.43 bits per heavy atom. The molecule has 0 aromatic heterocycles. The van der Waals surface area contributed by atoms with Crippen LogP contribution in [0, 0.1) is 6.92 Å². The molecule has 14 heavy (non-hydrogen) atoms. The van der Waals surface area contributed by atoms with Crippen LogP contribution in [0.1, 0.15) is 5.56 Å². The summed E-state index contributed by atoms with van der Waals surface area (Å²) in [6.45, 7) is 2.37. The molecule has 0 radical (unpaired) electrons. The minimum atomic E-state index is -0.423. The molecule has 1 aromatic rings. The molecular weight excluding hydrogens is 246 g/mol. The first kappa shape index (κ1) is 11.0. The molecule has 0 aliphatic heterocycles. The number of ether oxygens (including phenoxy) is 1. The van der Waals surface area contributed by atoms with Gasteiger partial charge in [0.15, 0.2) is 0 Å². The maximum absolute atomic E-state index is 11.1. The van der Waals surface area contributed by atoms with Crippen LogP contribution in [0.5, 0.6) is 0 Å². The Hall–Kier alpha value is -1.03. The van der Waals surface area contributed by atoms with Gasteiger partial charge in [-0.25, -0.2) is 4.79 Å². The molecule has 1 rings (SSSR count). The third-order valence-corrected chi connectivity index (χ3v) is 1.93. The SMILES string of the molecule is Cc1ccc(NC(=O)OCCBr)cc1. The van der Waals surface area contributed by atoms with Crippen molar-refractivity contribution in [2.75, 3.05) is 17.3 Å². The van der Waals surface area contributed by atoms with Crippen molar-refractivity contribution in [2.45, 2.75) is 6.92 Å². The summed E-state index contributed by atoms with van der Waals surface area (Å²) in [6.07, 6.45) is -0.423.